The highest BCUT2D eigenvalue weighted by Crippen LogP contribution is 2.16. The fraction of sp³-hybridized carbons (Fsp3) is 0.421. The lowest BCUT2D eigenvalue weighted by atomic mass is 10.2. The molecule has 0 spiro atoms. The summed E-state index contributed by atoms with van der Waals surface area (Å²) < 4.78 is 0. The third kappa shape index (κ3) is 7.20. The number of benzene rings is 1. The second-order valence-electron chi connectivity index (χ2n) is 6.39. The van der Waals surface area contributed by atoms with Crippen LogP contribution >= 0.6 is 24.0 Å². The number of hydrogen-bond donors (Lipinski definition) is 3. The Kier molecular flexibility index (Phi) is 9.84. The number of nitrogens with one attached hydrogen (secondary N) is 3. The molecule has 0 saturated heterocycles. The lowest BCUT2D eigenvalue weighted by Gasteiger charge is -2.21. The van der Waals surface area contributed by atoms with E-state index in [4.69, 9.17) is 0 Å². The number of aliphatic imine (C=N–C) groups is 1. The first-order valence-electron chi connectivity index (χ1n) is 8.80. The van der Waals surface area contributed by atoms with Crippen LogP contribution < -0.4 is 10.6 Å². The summed E-state index contributed by atoms with van der Waals surface area (Å²) in [6.45, 7) is 5.53. The average Bonchev–Trinajstić information content (AvgIpc) is 3.10. The molecule has 1 aromatic heterocycles. The van der Waals surface area contributed by atoms with Crippen LogP contribution in [0.3, 0.4) is 0 Å². The SMILES string of the molecule is CN=C(NCCNC(=O)C(C)C)N(C)Cc1ncc(-c2ccccc2)[nH]1.I. The lowest BCUT2D eigenvalue weighted by Crippen LogP contribution is -2.42. The fourth-order valence-electron chi connectivity index (χ4n) is 2.46. The zero-order valence-corrected chi connectivity index (χ0v) is 18.7. The van der Waals surface area contributed by atoms with Gasteiger partial charge in [-0.15, -0.1) is 24.0 Å². The van der Waals surface area contributed by atoms with Gasteiger partial charge in [0.1, 0.15) is 5.82 Å². The van der Waals surface area contributed by atoms with E-state index in [-0.39, 0.29) is 35.8 Å². The second-order valence-corrected chi connectivity index (χ2v) is 6.39. The maximum atomic E-state index is 11.6. The lowest BCUT2D eigenvalue weighted by molar-refractivity contribution is -0.123. The van der Waals surface area contributed by atoms with Gasteiger partial charge in [0.25, 0.3) is 0 Å². The number of amides is 1. The largest absolute Gasteiger partial charge is 0.354 e. The summed E-state index contributed by atoms with van der Waals surface area (Å²) in [6, 6.07) is 10.1. The molecule has 0 unspecified atom stereocenters. The smallest absolute Gasteiger partial charge is 0.222 e. The molecule has 0 bridgehead atoms. The van der Waals surface area contributed by atoms with E-state index >= 15 is 0 Å². The van der Waals surface area contributed by atoms with Crippen molar-refractivity contribution in [3.05, 3.63) is 42.4 Å². The van der Waals surface area contributed by atoms with Crippen LogP contribution in [0.5, 0.6) is 0 Å². The van der Waals surface area contributed by atoms with E-state index < -0.39 is 0 Å². The van der Waals surface area contributed by atoms with E-state index in [1.165, 1.54) is 0 Å². The van der Waals surface area contributed by atoms with Gasteiger partial charge in [0.2, 0.25) is 5.91 Å². The van der Waals surface area contributed by atoms with Crippen molar-refractivity contribution >= 4 is 35.8 Å². The predicted octanol–water partition coefficient (Wildman–Crippen LogP) is 2.47. The molecule has 2 aromatic rings. The van der Waals surface area contributed by atoms with Gasteiger partial charge in [-0.2, -0.15) is 0 Å². The number of H-pyrrole nitrogens is 1. The zero-order valence-electron chi connectivity index (χ0n) is 16.3. The number of rotatable bonds is 7. The van der Waals surface area contributed by atoms with E-state index in [9.17, 15) is 4.79 Å². The van der Waals surface area contributed by atoms with E-state index in [0.29, 0.717) is 19.6 Å². The highest BCUT2D eigenvalue weighted by Gasteiger charge is 2.10. The minimum Gasteiger partial charge on any atom is -0.354 e. The highest BCUT2D eigenvalue weighted by atomic mass is 127. The Bertz CT molecular complexity index is 729. The molecule has 0 aliphatic carbocycles. The predicted molar refractivity (Wildman–Crippen MR) is 120 cm³/mol. The number of carbonyl (C=O) groups is 1. The number of guanidine groups is 1. The Morgan fingerprint density at radius 1 is 1.22 bits per heavy atom. The molecular formula is C19H29IN6O. The van der Waals surface area contributed by atoms with Crippen LogP contribution in [0.1, 0.15) is 19.7 Å². The molecule has 1 heterocycles. The van der Waals surface area contributed by atoms with Gasteiger partial charge in [-0.25, -0.2) is 4.98 Å². The number of hydrogen-bond acceptors (Lipinski definition) is 3. The summed E-state index contributed by atoms with van der Waals surface area (Å²) >= 11 is 0. The van der Waals surface area contributed by atoms with Crippen molar-refractivity contribution in [2.45, 2.75) is 20.4 Å². The number of nitrogens with zero attached hydrogens (tertiary/aromatic N) is 3. The first-order valence-corrected chi connectivity index (χ1v) is 8.80. The maximum Gasteiger partial charge on any atom is 0.222 e. The molecule has 3 N–H and O–H groups in total. The van der Waals surface area contributed by atoms with Crippen molar-refractivity contribution in [3.63, 3.8) is 0 Å². The minimum atomic E-state index is -0.00486. The number of aromatic amines is 1. The monoisotopic (exact) mass is 484 g/mol. The third-order valence-electron chi connectivity index (χ3n) is 3.91. The van der Waals surface area contributed by atoms with Crippen molar-refractivity contribution in [2.24, 2.45) is 10.9 Å². The molecule has 1 aromatic carbocycles. The van der Waals surface area contributed by atoms with Crippen LogP contribution in [0.15, 0.2) is 41.5 Å². The summed E-state index contributed by atoms with van der Waals surface area (Å²) in [6.07, 6.45) is 1.84. The molecule has 1 amide bonds. The third-order valence-corrected chi connectivity index (χ3v) is 3.91. The van der Waals surface area contributed by atoms with Gasteiger partial charge in [0.05, 0.1) is 18.4 Å². The van der Waals surface area contributed by atoms with Crippen LogP contribution in [0, 0.1) is 5.92 Å². The van der Waals surface area contributed by atoms with Gasteiger partial charge in [-0.1, -0.05) is 44.2 Å². The fourth-order valence-corrected chi connectivity index (χ4v) is 2.46. The Balaban J connectivity index is 0.00000364. The second kappa shape index (κ2) is 11.6. The summed E-state index contributed by atoms with van der Waals surface area (Å²) in [5.41, 5.74) is 2.10. The molecule has 0 aliphatic rings. The summed E-state index contributed by atoms with van der Waals surface area (Å²) in [5.74, 6) is 1.66. The summed E-state index contributed by atoms with van der Waals surface area (Å²) in [4.78, 5) is 25.6. The molecule has 7 nitrogen and oxygen atoms in total. The van der Waals surface area contributed by atoms with Crippen molar-refractivity contribution < 1.29 is 4.79 Å². The quantitative estimate of drug-likeness (QED) is 0.244. The van der Waals surface area contributed by atoms with Gasteiger partial charge in [0, 0.05) is 33.1 Å². The molecule has 2 rings (SSSR count). The van der Waals surface area contributed by atoms with Gasteiger partial charge in [-0.3, -0.25) is 9.79 Å². The summed E-state index contributed by atoms with van der Waals surface area (Å²) in [7, 11) is 3.69. The summed E-state index contributed by atoms with van der Waals surface area (Å²) in [5, 5.41) is 6.12. The Labute approximate surface area is 178 Å². The van der Waals surface area contributed by atoms with Crippen molar-refractivity contribution in [1.29, 1.82) is 0 Å². The molecule has 0 radical (unpaired) electrons. The van der Waals surface area contributed by atoms with Gasteiger partial charge in [0.15, 0.2) is 5.96 Å². The van der Waals surface area contributed by atoms with Crippen LogP contribution in [0.4, 0.5) is 0 Å². The molecule has 0 fully saturated rings. The molecule has 0 atom stereocenters. The molecular weight excluding hydrogens is 455 g/mol. The van der Waals surface area contributed by atoms with Crippen molar-refractivity contribution in [3.8, 4) is 11.3 Å². The van der Waals surface area contributed by atoms with Gasteiger partial charge < -0.3 is 20.5 Å². The van der Waals surface area contributed by atoms with E-state index in [1.54, 1.807) is 7.05 Å². The highest BCUT2D eigenvalue weighted by molar-refractivity contribution is 14.0. The minimum absolute atomic E-state index is 0. The number of halogens is 1. The average molecular weight is 484 g/mol. The van der Waals surface area contributed by atoms with Gasteiger partial charge >= 0.3 is 0 Å². The van der Waals surface area contributed by atoms with Crippen LogP contribution in [0.25, 0.3) is 11.3 Å². The number of imidazole rings is 1. The Morgan fingerprint density at radius 3 is 2.52 bits per heavy atom. The first-order chi connectivity index (χ1) is 12.5. The van der Waals surface area contributed by atoms with E-state index in [0.717, 1.165) is 23.0 Å². The van der Waals surface area contributed by atoms with Crippen LogP contribution in [-0.4, -0.2) is 53.9 Å². The van der Waals surface area contributed by atoms with Crippen LogP contribution in [-0.2, 0) is 11.3 Å². The van der Waals surface area contributed by atoms with Crippen LogP contribution in [0.2, 0.25) is 0 Å². The molecule has 148 valence electrons. The number of aromatic nitrogens is 2. The molecule has 8 heteroatoms. The van der Waals surface area contributed by atoms with Crippen molar-refractivity contribution in [1.82, 2.24) is 25.5 Å². The van der Waals surface area contributed by atoms with Gasteiger partial charge in [-0.05, 0) is 5.56 Å². The normalized spacial score (nSPS) is 11.1. The molecule has 0 aliphatic heterocycles. The molecule has 27 heavy (non-hydrogen) atoms. The standard InChI is InChI=1S/C19H28N6O.HI/c1-14(2)18(26)21-10-11-22-19(20-3)25(4)13-17-23-12-16(24-17)15-8-6-5-7-9-15;/h5-9,12,14H,10-11,13H2,1-4H3,(H,20,22)(H,21,26)(H,23,24);1H. The zero-order chi connectivity index (χ0) is 18.9. The molecule has 0 saturated carbocycles. The maximum absolute atomic E-state index is 11.6. The van der Waals surface area contributed by atoms with E-state index in [2.05, 4.69) is 25.6 Å². The van der Waals surface area contributed by atoms with Crippen molar-refractivity contribution in [2.75, 3.05) is 27.2 Å². The topological polar surface area (TPSA) is 85.4 Å². The first kappa shape index (κ1) is 22.9. The Hall–Kier alpha value is -2.10. The Morgan fingerprint density at radius 2 is 1.89 bits per heavy atom. The van der Waals surface area contributed by atoms with E-state index in [1.807, 2.05) is 62.3 Å². The number of carbonyl (C=O) groups excluding carboxylic acids is 1.